The third-order valence-corrected chi connectivity index (χ3v) is 6.33. The number of methoxy groups -OCH3 is 1. The highest BCUT2D eigenvalue weighted by Crippen LogP contribution is 2.25. The summed E-state index contributed by atoms with van der Waals surface area (Å²) in [5, 5.41) is 3.28. The number of amides is 1. The van der Waals surface area contributed by atoms with Gasteiger partial charge in [-0.3, -0.25) is 10.1 Å². The van der Waals surface area contributed by atoms with Crippen LogP contribution in [0.5, 0.6) is 5.75 Å². The largest absolute Gasteiger partial charge is 0.496 e. The molecule has 0 unspecified atom stereocenters. The minimum atomic E-state index is -3.01. The molecule has 0 aromatic heterocycles. The van der Waals surface area contributed by atoms with E-state index >= 15 is 0 Å². The second-order valence-electron chi connectivity index (χ2n) is 6.36. The molecule has 1 aromatic carbocycles. The Morgan fingerprint density at radius 3 is 2.58 bits per heavy atom. The van der Waals surface area contributed by atoms with Crippen molar-refractivity contribution >= 4 is 15.7 Å². The molecule has 24 heavy (non-hydrogen) atoms. The van der Waals surface area contributed by atoms with Crippen molar-refractivity contribution in [2.45, 2.75) is 38.4 Å². The molecular formula is C17H26N2O4S. The minimum absolute atomic E-state index is 0.0595. The summed E-state index contributed by atoms with van der Waals surface area (Å²) in [6.45, 7) is 3.77. The number of para-hydroxylation sites is 1. The van der Waals surface area contributed by atoms with Crippen molar-refractivity contribution in [2.24, 2.45) is 0 Å². The number of benzene rings is 1. The molecule has 0 spiro atoms. The van der Waals surface area contributed by atoms with Crippen LogP contribution in [0.1, 0.15) is 31.9 Å². The van der Waals surface area contributed by atoms with Crippen LogP contribution in [0.3, 0.4) is 0 Å². The fraction of sp³-hybridized carbons (Fsp3) is 0.588. The van der Waals surface area contributed by atoms with Gasteiger partial charge in [0, 0.05) is 24.7 Å². The van der Waals surface area contributed by atoms with E-state index in [-0.39, 0.29) is 29.5 Å². The Morgan fingerprint density at radius 1 is 1.33 bits per heavy atom. The number of nitrogens with one attached hydrogen (secondary N) is 1. The molecular weight excluding hydrogens is 328 g/mol. The minimum Gasteiger partial charge on any atom is -0.496 e. The van der Waals surface area contributed by atoms with Gasteiger partial charge < -0.3 is 9.64 Å². The highest BCUT2D eigenvalue weighted by Gasteiger charge is 2.34. The Labute approximate surface area is 144 Å². The molecule has 3 atom stereocenters. The van der Waals surface area contributed by atoms with Gasteiger partial charge >= 0.3 is 0 Å². The van der Waals surface area contributed by atoms with Crippen molar-refractivity contribution < 1.29 is 17.9 Å². The fourth-order valence-corrected chi connectivity index (χ4v) is 4.90. The number of rotatable bonds is 6. The van der Waals surface area contributed by atoms with E-state index in [1.165, 1.54) is 0 Å². The Bertz CT molecular complexity index is 690. The number of nitrogens with zero attached hydrogens (tertiary/aromatic N) is 1. The average molecular weight is 354 g/mol. The second kappa shape index (κ2) is 7.53. The molecule has 1 aliphatic heterocycles. The molecule has 1 fully saturated rings. The third-order valence-electron chi connectivity index (χ3n) is 4.58. The van der Waals surface area contributed by atoms with Gasteiger partial charge in [0.05, 0.1) is 24.7 Å². The zero-order chi connectivity index (χ0) is 17.9. The zero-order valence-electron chi connectivity index (χ0n) is 14.7. The third kappa shape index (κ3) is 4.27. The summed E-state index contributed by atoms with van der Waals surface area (Å²) in [6.07, 6.45) is 0.513. The maximum absolute atomic E-state index is 12.6. The molecule has 134 valence electrons. The number of carbonyl (C=O) groups is 1. The Hall–Kier alpha value is -1.60. The summed E-state index contributed by atoms with van der Waals surface area (Å²) in [4.78, 5) is 14.2. The first-order valence-electron chi connectivity index (χ1n) is 8.11. The molecule has 0 radical (unpaired) electrons. The van der Waals surface area contributed by atoms with E-state index in [2.05, 4.69) is 5.32 Å². The summed E-state index contributed by atoms with van der Waals surface area (Å²) in [6, 6.07) is 6.96. The number of carbonyl (C=O) groups excluding carboxylic acids is 1. The monoisotopic (exact) mass is 354 g/mol. The van der Waals surface area contributed by atoms with E-state index in [1.807, 2.05) is 31.2 Å². The molecule has 1 aliphatic rings. The lowest BCUT2D eigenvalue weighted by atomic mass is 10.1. The first-order valence-corrected chi connectivity index (χ1v) is 9.93. The number of hydrogen-bond donors (Lipinski definition) is 1. The van der Waals surface area contributed by atoms with Gasteiger partial charge in [-0.05, 0) is 26.3 Å². The summed E-state index contributed by atoms with van der Waals surface area (Å²) in [5.74, 6) is 0.893. The van der Waals surface area contributed by atoms with E-state index in [0.29, 0.717) is 6.42 Å². The van der Waals surface area contributed by atoms with Crippen LogP contribution in [-0.4, -0.2) is 57.0 Å². The number of sulfone groups is 1. The van der Waals surface area contributed by atoms with Gasteiger partial charge in [0.2, 0.25) is 5.91 Å². The van der Waals surface area contributed by atoms with E-state index in [1.54, 1.807) is 26.0 Å². The van der Waals surface area contributed by atoms with Gasteiger partial charge in [-0.1, -0.05) is 18.2 Å². The molecule has 6 nitrogen and oxygen atoms in total. The van der Waals surface area contributed by atoms with E-state index in [0.717, 1.165) is 11.3 Å². The van der Waals surface area contributed by atoms with Crippen LogP contribution in [0.25, 0.3) is 0 Å². The Morgan fingerprint density at radius 2 is 2.00 bits per heavy atom. The SMILES string of the molecule is COc1ccccc1[C@H](C)N[C@H](C)C(=O)N(C)[C@@H]1CCS(=O)(=O)C1. The molecule has 7 heteroatoms. The van der Waals surface area contributed by atoms with Crippen LogP contribution in [0.4, 0.5) is 0 Å². The average Bonchev–Trinajstić information content (AvgIpc) is 2.93. The molecule has 0 bridgehead atoms. The predicted octanol–water partition coefficient (Wildman–Crippen LogP) is 1.38. The molecule has 1 saturated heterocycles. The van der Waals surface area contributed by atoms with Gasteiger partial charge in [0.15, 0.2) is 9.84 Å². The standard InChI is InChI=1S/C17H26N2O4S/c1-12(15-7-5-6-8-16(15)23-4)18-13(2)17(20)19(3)14-9-10-24(21,22)11-14/h5-8,12-14,18H,9-11H2,1-4H3/t12-,13+,14+/m0/s1. The van der Waals surface area contributed by atoms with Crippen molar-refractivity contribution in [1.82, 2.24) is 10.2 Å². The summed E-state index contributed by atoms with van der Waals surface area (Å²) in [5.41, 5.74) is 0.978. The smallest absolute Gasteiger partial charge is 0.239 e. The summed E-state index contributed by atoms with van der Waals surface area (Å²) >= 11 is 0. The van der Waals surface area contributed by atoms with Gasteiger partial charge in [0.25, 0.3) is 0 Å². The lowest BCUT2D eigenvalue weighted by Crippen LogP contribution is -2.48. The first-order chi connectivity index (χ1) is 11.2. The van der Waals surface area contributed by atoms with Crippen LogP contribution in [0, 0.1) is 0 Å². The lowest BCUT2D eigenvalue weighted by molar-refractivity contribution is -0.133. The van der Waals surface area contributed by atoms with Crippen LogP contribution in [-0.2, 0) is 14.6 Å². The molecule has 2 rings (SSSR count). The van der Waals surface area contributed by atoms with Gasteiger partial charge in [0.1, 0.15) is 5.75 Å². The predicted molar refractivity (Wildman–Crippen MR) is 93.8 cm³/mol. The van der Waals surface area contributed by atoms with Crippen LogP contribution in [0.15, 0.2) is 24.3 Å². The first kappa shape index (κ1) is 18.7. The van der Waals surface area contributed by atoms with E-state index in [9.17, 15) is 13.2 Å². The number of ether oxygens (including phenoxy) is 1. The van der Waals surface area contributed by atoms with Gasteiger partial charge in [-0.2, -0.15) is 0 Å². The van der Waals surface area contributed by atoms with E-state index < -0.39 is 15.9 Å². The second-order valence-corrected chi connectivity index (χ2v) is 8.59. The summed E-state index contributed by atoms with van der Waals surface area (Å²) < 4.78 is 28.6. The van der Waals surface area contributed by atoms with Crippen molar-refractivity contribution in [3.63, 3.8) is 0 Å². The maximum Gasteiger partial charge on any atom is 0.239 e. The molecule has 1 amide bonds. The molecule has 1 N–H and O–H groups in total. The van der Waals surface area contributed by atoms with Gasteiger partial charge in [-0.15, -0.1) is 0 Å². The quantitative estimate of drug-likeness (QED) is 0.835. The highest BCUT2D eigenvalue weighted by atomic mass is 32.2. The Kier molecular flexibility index (Phi) is 5.87. The molecule has 1 aromatic rings. The van der Waals surface area contributed by atoms with Crippen LogP contribution < -0.4 is 10.1 Å². The van der Waals surface area contributed by atoms with Crippen LogP contribution >= 0.6 is 0 Å². The van der Waals surface area contributed by atoms with Crippen molar-refractivity contribution in [3.05, 3.63) is 29.8 Å². The number of hydrogen-bond acceptors (Lipinski definition) is 5. The van der Waals surface area contributed by atoms with Crippen molar-refractivity contribution in [1.29, 1.82) is 0 Å². The Balaban J connectivity index is 2.00. The van der Waals surface area contributed by atoms with Crippen molar-refractivity contribution in [3.8, 4) is 5.75 Å². The molecule has 1 heterocycles. The summed E-state index contributed by atoms with van der Waals surface area (Å²) in [7, 11) is 0.294. The fourth-order valence-electron chi connectivity index (χ4n) is 3.13. The lowest BCUT2D eigenvalue weighted by Gasteiger charge is -2.29. The normalized spacial score (nSPS) is 21.9. The number of likely N-dealkylation sites (N-methyl/N-ethyl adjacent to an activating group) is 1. The molecule has 0 aliphatic carbocycles. The zero-order valence-corrected chi connectivity index (χ0v) is 15.5. The maximum atomic E-state index is 12.6. The van der Waals surface area contributed by atoms with E-state index in [4.69, 9.17) is 4.74 Å². The van der Waals surface area contributed by atoms with Crippen LogP contribution in [0.2, 0.25) is 0 Å². The topological polar surface area (TPSA) is 75.7 Å². The van der Waals surface area contributed by atoms with Gasteiger partial charge in [-0.25, -0.2) is 8.42 Å². The molecule has 0 saturated carbocycles. The van der Waals surface area contributed by atoms with Crippen molar-refractivity contribution in [2.75, 3.05) is 25.7 Å². The highest BCUT2D eigenvalue weighted by molar-refractivity contribution is 7.91.